The summed E-state index contributed by atoms with van der Waals surface area (Å²) >= 11 is 0. The zero-order chi connectivity index (χ0) is 24.0. The third-order valence-corrected chi connectivity index (χ3v) is 1.69. The lowest BCUT2D eigenvalue weighted by Crippen LogP contribution is -1.78. The molecule has 2 heteroatoms. The normalized spacial score (nSPS) is 4.22. The highest BCUT2D eigenvalue weighted by Crippen LogP contribution is 1.59. The number of hydrogen-bond donors (Lipinski definition) is 1. The monoisotopic (exact) mass is 402 g/mol. The molecule has 0 aliphatic carbocycles. The average Bonchev–Trinajstić information content (AvgIpc) is 2.76. The average molecular weight is 402 g/mol. The Labute approximate surface area is 190 Å². The summed E-state index contributed by atoms with van der Waals surface area (Å²) in [5, 5.41) is 7.42. The molecule has 0 aromatic heterocycles. The number of hydrogen-bond acceptors (Lipinski definition) is 1. The molecule has 0 aromatic carbocycles. The van der Waals surface area contributed by atoms with Crippen molar-refractivity contribution in [2.24, 2.45) is 0 Å². The van der Waals surface area contributed by atoms with Gasteiger partial charge in [-0.2, -0.15) is 0 Å². The van der Waals surface area contributed by atoms with E-state index in [0.717, 1.165) is 6.92 Å². The van der Waals surface area contributed by atoms with Crippen LogP contribution in [0.5, 0.6) is 0 Å². The third kappa shape index (κ3) is 35.0. The Morgan fingerprint density at radius 3 is 0.562 bits per heavy atom. The zero-order valence-corrected chi connectivity index (χ0v) is 17.4. The fourth-order valence-corrected chi connectivity index (χ4v) is 0.812. The molecule has 0 fully saturated rings. The molecule has 0 amide bonds. The summed E-state index contributed by atoms with van der Waals surface area (Å²) < 4.78 is 0. The second kappa shape index (κ2) is 27.0. The molecule has 1 N–H and O–H groups in total. The van der Waals surface area contributed by atoms with E-state index < -0.39 is 5.97 Å². The molecular formula is C30H10O2. The minimum atomic E-state index is -0.833. The second-order valence-electron chi connectivity index (χ2n) is 4.02. The van der Waals surface area contributed by atoms with E-state index in [1.165, 1.54) is 0 Å². The van der Waals surface area contributed by atoms with Crippen LogP contribution < -0.4 is 0 Å². The first kappa shape index (κ1) is 28.0. The highest BCUT2D eigenvalue weighted by atomic mass is 16.4. The van der Waals surface area contributed by atoms with Crippen LogP contribution in [0.4, 0.5) is 0 Å². The van der Waals surface area contributed by atoms with Crippen molar-refractivity contribution in [2.75, 3.05) is 0 Å². The summed E-state index contributed by atoms with van der Waals surface area (Å²) in [6.45, 7) is 4.47. The molecule has 0 unspecified atom stereocenters. The van der Waals surface area contributed by atoms with Gasteiger partial charge < -0.3 is 5.11 Å². The summed E-state index contributed by atoms with van der Waals surface area (Å²) in [4.78, 5) is 9.00. The molecule has 0 spiro atoms. The van der Waals surface area contributed by atoms with E-state index in [9.17, 15) is 0 Å². The molecule has 142 valence electrons. The lowest BCUT2D eigenvalue weighted by atomic mass is 10.4. The van der Waals surface area contributed by atoms with E-state index in [4.69, 9.17) is 9.90 Å². The smallest absolute Gasteiger partial charge is 0.300 e. The standard InChI is InChI=1S/C28H6.C2H4O2/c1-3-5-7-9-11-13-15-17-19-21-23-25-27-28-26-24-22-20-18-16-14-12-10-8-6-4-2;1-2(3)4/h1-2H3;1H3,(H,3,4). The van der Waals surface area contributed by atoms with Gasteiger partial charge in [0.05, 0.1) is 0 Å². The summed E-state index contributed by atoms with van der Waals surface area (Å²) in [6, 6.07) is 0. The van der Waals surface area contributed by atoms with Crippen molar-refractivity contribution in [2.45, 2.75) is 20.8 Å². The summed E-state index contributed by atoms with van der Waals surface area (Å²) in [5.74, 6) is 64.8. The van der Waals surface area contributed by atoms with Gasteiger partial charge in [-0.25, -0.2) is 0 Å². The largest absolute Gasteiger partial charge is 0.481 e. The fourth-order valence-electron chi connectivity index (χ4n) is 0.812. The molecule has 0 aromatic rings. The zero-order valence-electron chi connectivity index (χ0n) is 17.4. The highest BCUT2D eigenvalue weighted by molar-refractivity contribution is 5.63. The van der Waals surface area contributed by atoms with E-state index in [1.807, 2.05) is 0 Å². The summed E-state index contributed by atoms with van der Waals surface area (Å²) in [6.07, 6.45) is 0. The van der Waals surface area contributed by atoms with Crippen LogP contribution in [-0.2, 0) is 4.79 Å². The molecule has 2 nitrogen and oxygen atoms in total. The first-order valence-corrected chi connectivity index (χ1v) is 8.18. The van der Waals surface area contributed by atoms with Gasteiger partial charge in [-0.05, 0) is 109 Å². The van der Waals surface area contributed by atoms with Crippen molar-refractivity contribution < 1.29 is 9.90 Å². The lowest BCUT2D eigenvalue weighted by molar-refractivity contribution is -0.134. The first-order valence-electron chi connectivity index (χ1n) is 8.18. The maximum Gasteiger partial charge on any atom is 0.300 e. The Morgan fingerprint density at radius 1 is 0.375 bits per heavy atom. The van der Waals surface area contributed by atoms with Crippen LogP contribution in [0.2, 0.25) is 0 Å². The SMILES string of the molecule is CC#CC#CC#CC#CC#CC#CC#CC#CC#CC#CC#CC#CC#CC.CC(=O)O. The summed E-state index contributed by atoms with van der Waals surface area (Å²) in [7, 11) is 0. The van der Waals surface area contributed by atoms with Crippen LogP contribution in [0, 0.1) is 154 Å². The van der Waals surface area contributed by atoms with Gasteiger partial charge in [0, 0.05) is 54.3 Å². The van der Waals surface area contributed by atoms with Crippen LogP contribution in [0.25, 0.3) is 0 Å². The van der Waals surface area contributed by atoms with Gasteiger partial charge in [-0.15, -0.1) is 0 Å². The number of aliphatic carboxylic acids is 1. The van der Waals surface area contributed by atoms with Gasteiger partial charge in [0.15, 0.2) is 0 Å². The number of rotatable bonds is 0. The Kier molecular flexibility index (Phi) is 23.6. The molecular weight excluding hydrogens is 392 g/mol. The molecule has 0 aliphatic rings. The number of carboxylic acid groups (broad SMARTS) is 1. The van der Waals surface area contributed by atoms with Gasteiger partial charge >= 0.3 is 0 Å². The third-order valence-electron chi connectivity index (χ3n) is 1.69. The van der Waals surface area contributed by atoms with Crippen molar-refractivity contribution in [1.82, 2.24) is 0 Å². The molecule has 32 heavy (non-hydrogen) atoms. The Hall–Kier alpha value is -6.25. The van der Waals surface area contributed by atoms with Crippen LogP contribution in [0.15, 0.2) is 0 Å². The van der Waals surface area contributed by atoms with Crippen molar-refractivity contribution in [3.8, 4) is 154 Å². The quantitative estimate of drug-likeness (QED) is 0.618. The van der Waals surface area contributed by atoms with Gasteiger partial charge in [0.25, 0.3) is 5.97 Å². The van der Waals surface area contributed by atoms with Crippen LogP contribution in [0.1, 0.15) is 20.8 Å². The van der Waals surface area contributed by atoms with Gasteiger partial charge in [-0.3, -0.25) is 4.79 Å². The van der Waals surface area contributed by atoms with Gasteiger partial charge in [0.2, 0.25) is 0 Å². The van der Waals surface area contributed by atoms with E-state index in [-0.39, 0.29) is 0 Å². The van der Waals surface area contributed by atoms with Crippen LogP contribution in [0.3, 0.4) is 0 Å². The predicted molar refractivity (Wildman–Crippen MR) is 126 cm³/mol. The Morgan fingerprint density at radius 2 is 0.469 bits per heavy atom. The van der Waals surface area contributed by atoms with E-state index in [0.29, 0.717) is 0 Å². The van der Waals surface area contributed by atoms with Gasteiger partial charge in [-0.1, -0.05) is 11.8 Å². The number of carboxylic acids is 1. The molecule has 0 bridgehead atoms. The van der Waals surface area contributed by atoms with Crippen molar-refractivity contribution in [3.63, 3.8) is 0 Å². The molecule has 0 atom stereocenters. The van der Waals surface area contributed by atoms with E-state index >= 15 is 0 Å². The van der Waals surface area contributed by atoms with Crippen molar-refractivity contribution in [3.05, 3.63) is 0 Å². The van der Waals surface area contributed by atoms with Gasteiger partial charge in [0.1, 0.15) is 0 Å². The molecule has 0 radical (unpaired) electrons. The highest BCUT2D eigenvalue weighted by Gasteiger charge is 1.65. The molecule has 0 rings (SSSR count). The lowest BCUT2D eigenvalue weighted by Gasteiger charge is -1.59. The van der Waals surface area contributed by atoms with Crippen LogP contribution in [-0.4, -0.2) is 11.1 Å². The number of carbonyl (C=O) groups is 1. The maximum atomic E-state index is 9.00. The minimum absolute atomic E-state index is 0.833. The minimum Gasteiger partial charge on any atom is -0.481 e. The van der Waals surface area contributed by atoms with Crippen LogP contribution >= 0.6 is 0 Å². The van der Waals surface area contributed by atoms with Crippen molar-refractivity contribution in [1.29, 1.82) is 0 Å². The molecule has 0 heterocycles. The topological polar surface area (TPSA) is 37.3 Å². The molecule has 0 saturated carbocycles. The van der Waals surface area contributed by atoms with E-state index in [2.05, 4.69) is 154 Å². The maximum absolute atomic E-state index is 9.00. The van der Waals surface area contributed by atoms with Crippen molar-refractivity contribution >= 4 is 5.97 Å². The fraction of sp³-hybridized carbons (Fsp3) is 0.100. The molecule has 0 aliphatic heterocycles. The summed E-state index contributed by atoms with van der Waals surface area (Å²) in [5.41, 5.74) is 0. The predicted octanol–water partition coefficient (Wildman–Crippen LogP) is 1.16. The Balaban J connectivity index is 0. The second-order valence-corrected chi connectivity index (χ2v) is 4.02. The Bertz CT molecular complexity index is 1410. The molecule has 0 saturated heterocycles. The van der Waals surface area contributed by atoms with E-state index in [1.54, 1.807) is 13.8 Å². The first-order chi connectivity index (χ1) is 15.6.